The lowest BCUT2D eigenvalue weighted by atomic mass is 9.85. The summed E-state index contributed by atoms with van der Waals surface area (Å²) in [5, 5.41) is 14.2. The van der Waals surface area contributed by atoms with E-state index in [0.29, 0.717) is 29.2 Å². The Balaban J connectivity index is 0.000000249. The van der Waals surface area contributed by atoms with Gasteiger partial charge in [-0.05, 0) is 42.0 Å². The topological polar surface area (TPSA) is 111 Å². The predicted molar refractivity (Wildman–Crippen MR) is 145 cm³/mol. The maximum absolute atomic E-state index is 12.4. The van der Waals surface area contributed by atoms with Gasteiger partial charge in [0.15, 0.2) is 11.5 Å². The van der Waals surface area contributed by atoms with Crippen LogP contribution in [-0.2, 0) is 5.41 Å². The molecule has 8 heteroatoms. The van der Waals surface area contributed by atoms with Crippen LogP contribution < -0.4 is 20.5 Å². The molecule has 0 spiro atoms. The largest absolute Gasteiger partial charge is 0.493 e. The van der Waals surface area contributed by atoms with Crippen LogP contribution in [0.25, 0.3) is 10.1 Å². The van der Waals surface area contributed by atoms with Crippen molar-refractivity contribution in [3.8, 4) is 11.5 Å². The molecule has 0 aliphatic carbocycles. The average molecular weight is 507 g/mol. The van der Waals surface area contributed by atoms with Crippen LogP contribution in [0.3, 0.4) is 0 Å². The number of nitrogens with two attached hydrogens (primary N) is 1. The molecule has 0 saturated heterocycles. The first-order valence-corrected chi connectivity index (χ1v) is 12.1. The third kappa shape index (κ3) is 6.21. The summed E-state index contributed by atoms with van der Waals surface area (Å²) < 4.78 is 11.4. The fourth-order valence-corrected chi connectivity index (χ4v) is 4.38. The lowest BCUT2D eigenvalue weighted by Crippen LogP contribution is -2.27. The van der Waals surface area contributed by atoms with E-state index in [1.54, 1.807) is 30.7 Å². The molecule has 1 amide bonds. The van der Waals surface area contributed by atoms with Gasteiger partial charge in [0.2, 0.25) is 0 Å². The smallest absolute Gasteiger partial charge is 0.337 e. The number of carboxylic acids is 1. The highest BCUT2D eigenvalue weighted by Gasteiger charge is 2.18. The van der Waals surface area contributed by atoms with Crippen LogP contribution in [0.4, 0.5) is 5.69 Å². The van der Waals surface area contributed by atoms with Crippen LogP contribution in [0, 0.1) is 0 Å². The van der Waals surface area contributed by atoms with E-state index in [-0.39, 0.29) is 11.3 Å². The Morgan fingerprint density at radius 3 is 2.25 bits per heavy atom. The lowest BCUT2D eigenvalue weighted by Gasteiger charge is -2.23. The van der Waals surface area contributed by atoms with Crippen molar-refractivity contribution in [1.82, 2.24) is 0 Å². The first-order valence-electron chi connectivity index (χ1n) is 11.2. The molecule has 0 bridgehead atoms. The van der Waals surface area contributed by atoms with Gasteiger partial charge in [0.05, 0.1) is 19.8 Å². The Hall–Kier alpha value is -3.88. The molecule has 4 rings (SSSR count). The van der Waals surface area contributed by atoms with Crippen molar-refractivity contribution in [2.75, 3.05) is 26.1 Å². The van der Waals surface area contributed by atoms with E-state index in [9.17, 15) is 9.59 Å². The van der Waals surface area contributed by atoms with E-state index in [4.69, 9.17) is 20.3 Å². The number of carbonyl (C=O) groups is 2. The summed E-state index contributed by atoms with van der Waals surface area (Å²) in [5.74, 6) is 0.0434. The van der Waals surface area contributed by atoms with Crippen molar-refractivity contribution in [3.63, 3.8) is 0 Å². The molecule has 1 aromatic heterocycles. The minimum atomic E-state index is -0.854. The minimum Gasteiger partial charge on any atom is -0.493 e. The molecule has 0 fully saturated rings. The second-order valence-electron chi connectivity index (χ2n) is 8.64. The van der Waals surface area contributed by atoms with Gasteiger partial charge in [-0.25, -0.2) is 4.79 Å². The van der Waals surface area contributed by atoms with E-state index < -0.39 is 5.97 Å². The van der Waals surface area contributed by atoms with Crippen LogP contribution >= 0.6 is 11.3 Å². The molecule has 0 saturated carbocycles. The van der Waals surface area contributed by atoms with Gasteiger partial charge in [0, 0.05) is 38.7 Å². The number of anilines is 1. The van der Waals surface area contributed by atoms with E-state index >= 15 is 0 Å². The van der Waals surface area contributed by atoms with Crippen molar-refractivity contribution in [3.05, 3.63) is 88.8 Å². The van der Waals surface area contributed by atoms with Gasteiger partial charge in [0.25, 0.3) is 5.91 Å². The average Bonchev–Trinajstić information content (AvgIpc) is 3.33. The number of thiophene rings is 1. The number of benzene rings is 3. The second-order valence-corrected chi connectivity index (χ2v) is 9.55. The summed E-state index contributed by atoms with van der Waals surface area (Å²) in [5.41, 5.74) is 8.46. The molecular formula is C28H30N2O5S. The number of amides is 1. The van der Waals surface area contributed by atoms with Gasteiger partial charge in [-0.15, -0.1) is 11.3 Å². The molecule has 0 atom stereocenters. The van der Waals surface area contributed by atoms with Crippen LogP contribution in [0.2, 0.25) is 0 Å². The molecule has 0 radical (unpaired) electrons. The van der Waals surface area contributed by atoms with Crippen molar-refractivity contribution in [2.24, 2.45) is 5.73 Å². The summed E-state index contributed by atoms with van der Waals surface area (Å²) in [4.78, 5) is 23.1. The van der Waals surface area contributed by atoms with Gasteiger partial charge in [-0.3, -0.25) is 4.79 Å². The summed E-state index contributed by atoms with van der Waals surface area (Å²) in [6.07, 6.45) is 0. The van der Waals surface area contributed by atoms with E-state index in [1.807, 2.05) is 48.5 Å². The van der Waals surface area contributed by atoms with Gasteiger partial charge in [-0.2, -0.15) is 0 Å². The fourth-order valence-electron chi connectivity index (χ4n) is 3.45. The molecule has 0 aliphatic heterocycles. The van der Waals surface area contributed by atoms with Crippen LogP contribution in [0.15, 0.2) is 72.1 Å². The van der Waals surface area contributed by atoms with Crippen molar-refractivity contribution in [1.29, 1.82) is 0 Å². The zero-order valence-corrected chi connectivity index (χ0v) is 21.5. The number of aromatic carboxylic acids is 1. The number of fused-ring (bicyclic) bond motifs is 1. The fraction of sp³-hybridized carbons (Fsp3) is 0.214. The van der Waals surface area contributed by atoms with Gasteiger partial charge in [-0.1, -0.05) is 44.2 Å². The van der Waals surface area contributed by atoms with Crippen molar-refractivity contribution >= 4 is 39.0 Å². The number of nitrogens with one attached hydrogen (secondary N) is 1. The Kier molecular flexibility index (Phi) is 8.68. The molecule has 0 aliphatic rings. The molecule has 0 unspecified atom stereocenters. The predicted octanol–water partition coefficient (Wildman–Crippen LogP) is 5.79. The number of carboxylic acid groups (broad SMARTS) is 1. The number of hydrogen-bond donors (Lipinski definition) is 3. The first-order chi connectivity index (χ1) is 17.2. The summed E-state index contributed by atoms with van der Waals surface area (Å²) in [7, 11) is 3.10. The molecule has 4 N–H and O–H groups in total. The molecule has 36 heavy (non-hydrogen) atoms. The lowest BCUT2D eigenvalue weighted by molar-refractivity contribution is 0.0699. The van der Waals surface area contributed by atoms with Gasteiger partial charge >= 0.3 is 5.97 Å². The molecular weight excluding hydrogens is 476 g/mol. The second kappa shape index (κ2) is 11.7. The maximum Gasteiger partial charge on any atom is 0.337 e. The molecule has 1 heterocycles. The Morgan fingerprint density at radius 1 is 0.972 bits per heavy atom. The Bertz CT molecular complexity index is 1350. The molecule has 7 nitrogen and oxygen atoms in total. The van der Waals surface area contributed by atoms with E-state index in [1.165, 1.54) is 18.4 Å². The summed E-state index contributed by atoms with van der Waals surface area (Å²) in [6.45, 7) is 4.73. The number of ether oxygens (including phenoxy) is 2. The van der Waals surface area contributed by atoms with E-state index in [0.717, 1.165) is 21.3 Å². The van der Waals surface area contributed by atoms with Crippen LogP contribution in [0.1, 0.15) is 40.1 Å². The molecule has 188 valence electrons. The first kappa shape index (κ1) is 26.7. The maximum atomic E-state index is 12.4. The standard InChI is InChI=1S/C19H24N2O3.C9H6O2S/c1-19(2,12-20)14-6-8-15(9-7-14)21-18(22)13-5-10-16(23-3)17(11-13)24-4;10-9(11)7-5-12-8-4-2-1-3-6(7)8/h5-11H,12,20H2,1-4H3,(H,21,22);1-5H,(H,10,11). The number of carbonyl (C=O) groups excluding carboxylic acids is 1. The summed E-state index contributed by atoms with van der Waals surface area (Å²) in [6, 6.07) is 20.3. The highest BCUT2D eigenvalue weighted by atomic mass is 32.1. The van der Waals surface area contributed by atoms with Crippen LogP contribution in [-0.4, -0.2) is 37.7 Å². The number of hydrogen-bond acceptors (Lipinski definition) is 6. The normalized spacial score (nSPS) is 10.8. The van der Waals surface area contributed by atoms with Crippen LogP contribution in [0.5, 0.6) is 11.5 Å². The van der Waals surface area contributed by atoms with E-state index in [2.05, 4.69) is 19.2 Å². The third-order valence-corrected chi connectivity index (χ3v) is 6.76. The van der Waals surface area contributed by atoms with Gasteiger partial charge in [0.1, 0.15) is 0 Å². The molecule has 4 aromatic rings. The van der Waals surface area contributed by atoms with Crippen molar-refractivity contribution < 1.29 is 24.2 Å². The quantitative estimate of drug-likeness (QED) is 0.292. The zero-order valence-electron chi connectivity index (χ0n) is 20.7. The molecule has 3 aromatic carbocycles. The Labute approximate surface area is 214 Å². The number of methoxy groups -OCH3 is 2. The number of rotatable bonds is 7. The van der Waals surface area contributed by atoms with Gasteiger partial charge < -0.3 is 25.6 Å². The zero-order chi connectivity index (χ0) is 26.3. The monoisotopic (exact) mass is 506 g/mol. The van der Waals surface area contributed by atoms with Crippen molar-refractivity contribution in [2.45, 2.75) is 19.3 Å². The highest BCUT2D eigenvalue weighted by molar-refractivity contribution is 7.17. The summed E-state index contributed by atoms with van der Waals surface area (Å²) >= 11 is 1.46. The highest BCUT2D eigenvalue weighted by Crippen LogP contribution is 2.28. The SMILES string of the molecule is COc1ccc(C(=O)Nc2ccc(C(C)(C)CN)cc2)cc1OC.O=C(O)c1csc2ccccc12. The minimum absolute atomic E-state index is 0.0914. The third-order valence-electron chi connectivity index (χ3n) is 5.79. The Morgan fingerprint density at radius 2 is 1.64 bits per heavy atom.